The van der Waals surface area contributed by atoms with Gasteiger partial charge >= 0.3 is 0 Å². The average molecular weight is 273 g/mol. The molecule has 0 aliphatic carbocycles. The lowest BCUT2D eigenvalue weighted by Crippen LogP contribution is -2.38. The Morgan fingerprint density at radius 1 is 1.45 bits per heavy atom. The van der Waals surface area contributed by atoms with Crippen molar-refractivity contribution < 1.29 is 4.79 Å². The smallest absolute Gasteiger partial charge is 0.251 e. The van der Waals surface area contributed by atoms with Gasteiger partial charge in [0, 0.05) is 23.7 Å². The van der Waals surface area contributed by atoms with Gasteiger partial charge in [0.1, 0.15) is 0 Å². The monoisotopic (exact) mass is 273 g/mol. The minimum absolute atomic E-state index is 0.0554. The molecule has 1 unspecified atom stereocenters. The molecule has 1 amide bonds. The predicted octanol–water partition coefficient (Wildman–Crippen LogP) is 0.985. The second kappa shape index (κ2) is 7.68. The molecule has 0 fully saturated rings. The highest BCUT2D eigenvalue weighted by Gasteiger charge is 2.10. The van der Waals surface area contributed by atoms with Crippen LogP contribution in [0.15, 0.2) is 18.2 Å². The molecule has 0 spiro atoms. The number of hydrogen-bond donors (Lipinski definition) is 2. The summed E-state index contributed by atoms with van der Waals surface area (Å²) in [5, 5.41) is 2.93. The molecule has 0 aliphatic heterocycles. The maximum atomic E-state index is 12.1. The third kappa shape index (κ3) is 4.69. The molecule has 4 heteroatoms. The van der Waals surface area contributed by atoms with E-state index in [1.54, 1.807) is 6.07 Å². The normalized spacial score (nSPS) is 11.7. The minimum atomic E-state index is -0.0554. The summed E-state index contributed by atoms with van der Waals surface area (Å²) in [6.45, 7) is 4.97. The molecule has 0 bridgehead atoms. The number of nitrogens with two attached hydrogens (primary N) is 1. The molecule has 0 saturated carbocycles. The predicted molar refractivity (Wildman–Crippen MR) is 82.6 cm³/mol. The van der Waals surface area contributed by atoms with Crippen LogP contribution in [0.5, 0.6) is 0 Å². The summed E-state index contributed by atoms with van der Waals surface area (Å²) in [7, 11) is 3.98. The molecule has 108 valence electrons. The minimum Gasteiger partial charge on any atom is -0.350 e. The van der Waals surface area contributed by atoms with E-state index in [1.165, 1.54) is 0 Å². The Balaban J connectivity index is 2.73. The van der Waals surface area contributed by atoms with Crippen molar-refractivity contribution in [3.8, 4) is 11.8 Å². The van der Waals surface area contributed by atoms with Crippen molar-refractivity contribution in [2.45, 2.75) is 19.9 Å². The number of hydrogen-bond acceptors (Lipinski definition) is 3. The Kier molecular flexibility index (Phi) is 6.23. The molecule has 0 saturated heterocycles. The highest BCUT2D eigenvalue weighted by Crippen LogP contribution is 2.10. The van der Waals surface area contributed by atoms with Gasteiger partial charge in [-0.15, -0.1) is 0 Å². The fourth-order valence-corrected chi connectivity index (χ4v) is 1.62. The zero-order chi connectivity index (χ0) is 15.1. The lowest BCUT2D eigenvalue weighted by molar-refractivity contribution is 0.0943. The number of nitrogens with one attached hydrogen (secondary N) is 1. The van der Waals surface area contributed by atoms with E-state index in [1.807, 2.05) is 33.2 Å². The second-order valence-corrected chi connectivity index (χ2v) is 5.06. The summed E-state index contributed by atoms with van der Waals surface area (Å²) in [5.74, 6) is 5.75. The lowest BCUT2D eigenvalue weighted by atomic mass is 10.0. The van der Waals surface area contributed by atoms with Crippen LogP contribution in [-0.4, -0.2) is 44.0 Å². The van der Waals surface area contributed by atoms with Gasteiger partial charge in [0.05, 0.1) is 6.54 Å². The first-order valence-electron chi connectivity index (χ1n) is 6.70. The molecule has 1 aromatic carbocycles. The number of amides is 1. The van der Waals surface area contributed by atoms with Crippen LogP contribution in [0, 0.1) is 18.8 Å². The molecule has 3 N–H and O–H groups in total. The largest absolute Gasteiger partial charge is 0.350 e. The summed E-state index contributed by atoms with van der Waals surface area (Å²) in [6.07, 6.45) is 0. The Morgan fingerprint density at radius 2 is 2.15 bits per heavy atom. The van der Waals surface area contributed by atoms with Gasteiger partial charge in [0.15, 0.2) is 0 Å². The molecule has 1 atom stereocenters. The van der Waals surface area contributed by atoms with E-state index in [0.717, 1.165) is 11.1 Å². The topological polar surface area (TPSA) is 58.4 Å². The van der Waals surface area contributed by atoms with Crippen molar-refractivity contribution in [3.63, 3.8) is 0 Å². The summed E-state index contributed by atoms with van der Waals surface area (Å²) in [5.41, 5.74) is 7.91. The van der Waals surface area contributed by atoms with Crippen LogP contribution >= 0.6 is 0 Å². The first-order chi connectivity index (χ1) is 9.45. The van der Waals surface area contributed by atoms with Gasteiger partial charge in [-0.1, -0.05) is 11.8 Å². The lowest BCUT2D eigenvalue weighted by Gasteiger charge is -2.20. The number of rotatable bonds is 4. The van der Waals surface area contributed by atoms with E-state index >= 15 is 0 Å². The maximum absolute atomic E-state index is 12.1. The van der Waals surface area contributed by atoms with Gasteiger partial charge in [0.25, 0.3) is 5.91 Å². The zero-order valence-electron chi connectivity index (χ0n) is 12.7. The van der Waals surface area contributed by atoms with Gasteiger partial charge < -0.3 is 16.0 Å². The van der Waals surface area contributed by atoms with Crippen LogP contribution in [0.1, 0.15) is 28.4 Å². The van der Waals surface area contributed by atoms with E-state index in [-0.39, 0.29) is 5.91 Å². The third-order valence-electron chi connectivity index (χ3n) is 3.25. The van der Waals surface area contributed by atoms with E-state index in [2.05, 4.69) is 29.0 Å². The maximum Gasteiger partial charge on any atom is 0.251 e. The average Bonchev–Trinajstić information content (AvgIpc) is 2.42. The highest BCUT2D eigenvalue weighted by molar-refractivity contribution is 5.94. The first-order valence-corrected chi connectivity index (χ1v) is 6.70. The van der Waals surface area contributed by atoms with Crippen molar-refractivity contribution in [1.82, 2.24) is 10.2 Å². The summed E-state index contributed by atoms with van der Waals surface area (Å²) >= 11 is 0. The Hall–Kier alpha value is -1.83. The Morgan fingerprint density at radius 3 is 2.70 bits per heavy atom. The molecule has 0 radical (unpaired) electrons. The van der Waals surface area contributed by atoms with Crippen molar-refractivity contribution >= 4 is 5.91 Å². The van der Waals surface area contributed by atoms with E-state index < -0.39 is 0 Å². The molecule has 0 aromatic heterocycles. The molecule has 20 heavy (non-hydrogen) atoms. The molecule has 1 rings (SSSR count). The summed E-state index contributed by atoms with van der Waals surface area (Å²) < 4.78 is 0. The van der Waals surface area contributed by atoms with E-state index in [4.69, 9.17) is 5.73 Å². The van der Waals surface area contributed by atoms with Crippen molar-refractivity contribution in [2.24, 2.45) is 5.73 Å². The van der Waals surface area contributed by atoms with Gasteiger partial charge in [0.2, 0.25) is 0 Å². The van der Waals surface area contributed by atoms with Gasteiger partial charge in [-0.3, -0.25) is 4.79 Å². The SMILES string of the molecule is Cc1cc(C(=O)NCC(C)N(C)C)ccc1C#CCN. The number of nitrogens with zero attached hydrogens (tertiary/aromatic N) is 1. The molecular weight excluding hydrogens is 250 g/mol. The van der Waals surface area contributed by atoms with Crippen LogP contribution < -0.4 is 11.1 Å². The van der Waals surface area contributed by atoms with E-state index in [9.17, 15) is 4.79 Å². The number of carbonyl (C=O) groups is 1. The number of carbonyl (C=O) groups excluding carboxylic acids is 1. The zero-order valence-corrected chi connectivity index (χ0v) is 12.7. The van der Waals surface area contributed by atoms with Crippen LogP contribution in [0.4, 0.5) is 0 Å². The standard InChI is InChI=1S/C16H23N3O/c1-12-10-15(8-7-14(12)6-5-9-17)16(20)18-11-13(2)19(3)4/h7-8,10,13H,9,11,17H2,1-4H3,(H,18,20). The van der Waals surface area contributed by atoms with Crippen LogP contribution in [0.2, 0.25) is 0 Å². The summed E-state index contributed by atoms with van der Waals surface area (Å²) in [4.78, 5) is 14.1. The third-order valence-corrected chi connectivity index (χ3v) is 3.25. The molecule has 4 nitrogen and oxygen atoms in total. The highest BCUT2D eigenvalue weighted by atomic mass is 16.1. The Labute approximate surface area is 121 Å². The fraction of sp³-hybridized carbons (Fsp3) is 0.438. The molecule has 1 aromatic rings. The second-order valence-electron chi connectivity index (χ2n) is 5.06. The number of likely N-dealkylation sites (N-methyl/N-ethyl adjacent to an activating group) is 1. The van der Waals surface area contributed by atoms with E-state index in [0.29, 0.717) is 24.7 Å². The van der Waals surface area contributed by atoms with Crippen molar-refractivity contribution in [1.29, 1.82) is 0 Å². The molecular formula is C16H23N3O. The molecule has 0 aliphatic rings. The Bertz CT molecular complexity index is 526. The number of aryl methyl sites for hydroxylation is 1. The fourth-order valence-electron chi connectivity index (χ4n) is 1.62. The first kappa shape index (κ1) is 16.2. The van der Waals surface area contributed by atoms with Gasteiger partial charge in [-0.05, 0) is 51.7 Å². The van der Waals surface area contributed by atoms with Gasteiger partial charge in [-0.2, -0.15) is 0 Å². The van der Waals surface area contributed by atoms with Crippen LogP contribution in [0.3, 0.4) is 0 Å². The molecule has 0 heterocycles. The quantitative estimate of drug-likeness (QED) is 0.804. The van der Waals surface area contributed by atoms with Gasteiger partial charge in [-0.25, -0.2) is 0 Å². The van der Waals surface area contributed by atoms with Crippen LogP contribution in [0.25, 0.3) is 0 Å². The number of benzene rings is 1. The van der Waals surface area contributed by atoms with Crippen molar-refractivity contribution in [3.05, 3.63) is 34.9 Å². The summed E-state index contributed by atoms with van der Waals surface area (Å²) in [6, 6.07) is 5.82. The van der Waals surface area contributed by atoms with Crippen molar-refractivity contribution in [2.75, 3.05) is 27.2 Å². The van der Waals surface area contributed by atoms with Crippen LogP contribution in [-0.2, 0) is 0 Å².